The van der Waals surface area contributed by atoms with Gasteiger partial charge in [-0.1, -0.05) is 13.8 Å². The molecular weight excluding hydrogens is 312 g/mol. The van der Waals surface area contributed by atoms with Gasteiger partial charge in [-0.2, -0.15) is 0 Å². The number of rotatable bonds is 5. The molecule has 1 atom stereocenters. The molecule has 1 fully saturated rings. The Morgan fingerprint density at radius 2 is 2.26 bits per heavy atom. The minimum absolute atomic E-state index is 0.0445. The average Bonchev–Trinajstić information content (AvgIpc) is 2.88. The third-order valence-corrected chi connectivity index (χ3v) is 5.08. The van der Waals surface area contributed by atoms with Crippen LogP contribution in [0.1, 0.15) is 42.5 Å². The normalized spacial score (nSPS) is 17.1. The topological polar surface area (TPSA) is 65.5 Å². The van der Waals surface area contributed by atoms with Gasteiger partial charge in [0.2, 0.25) is 5.91 Å². The molecule has 0 aliphatic carbocycles. The zero-order valence-electron chi connectivity index (χ0n) is 14.2. The summed E-state index contributed by atoms with van der Waals surface area (Å²) in [6.07, 6.45) is 3.64. The Morgan fingerprint density at radius 1 is 1.48 bits per heavy atom. The van der Waals surface area contributed by atoms with Crippen molar-refractivity contribution >= 4 is 23.3 Å². The van der Waals surface area contributed by atoms with Crippen LogP contribution in [-0.4, -0.2) is 59.4 Å². The third kappa shape index (κ3) is 4.92. The van der Waals surface area contributed by atoms with Crippen molar-refractivity contribution in [2.45, 2.75) is 39.5 Å². The highest BCUT2D eigenvalue weighted by Crippen LogP contribution is 2.20. The number of carbonyl (C=O) groups excluding carboxylic acids is 2. The average molecular weight is 338 g/mol. The van der Waals surface area contributed by atoms with E-state index in [2.05, 4.69) is 24.1 Å². The standard InChI is InChI=1S/C16H26N4O2S/c1-4-6-19-7-5-8-20(11-14(19)21)16(22)18-9-12(2)15-17-10-13(3)23-15/h10,12H,4-9,11H2,1-3H3,(H,18,22). The molecule has 1 unspecified atom stereocenters. The summed E-state index contributed by atoms with van der Waals surface area (Å²) in [6, 6.07) is -0.156. The lowest BCUT2D eigenvalue weighted by atomic mass is 10.2. The summed E-state index contributed by atoms with van der Waals surface area (Å²) < 4.78 is 0. The number of aryl methyl sites for hydroxylation is 1. The molecule has 0 saturated carbocycles. The number of hydrogen-bond acceptors (Lipinski definition) is 4. The Kier molecular flexibility index (Phi) is 6.38. The summed E-state index contributed by atoms with van der Waals surface area (Å²) in [5.41, 5.74) is 0. The number of urea groups is 1. The molecule has 1 aliphatic heterocycles. The zero-order chi connectivity index (χ0) is 16.8. The van der Waals surface area contributed by atoms with Gasteiger partial charge in [0.05, 0.1) is 5.01 Å². The van der Waals surface area contributed by atoms with E-state index in [0.29, 0.717) is 13.1 Å². The molecule has 3 amide bonds. The van der Waals surface area contributed by atoms with Gasteiger partial charge in [0.15, 0.2) is 0 Å². The van der Waals surface area contributed by atoms with Crippen LogP contribution >= 0.6 is 11.3 Å². The van der Waals surface area contributed by atoms with Crippen molar-refractivity contribution in [3.63, 3.8) is 0 Å². The Labute approximate surface area is 141 Å². The van der Waals surface area contributed by atoms with Gasteiger partial charge in [0, 0.05) is 43.2 Å². The summed E-state index contributed by atoms with van der Waals surface area (Å²) in [7, 11) is 0. The van der Waals surface area contributed by atoms with Gasteiger partial charge in [-0.3, -0.25) is 4.79 Å². The van der Waals surface area contributed by atoms with Crippen LogP contribution in [0.4, 0.5) is 4.79 Å². The molecule has 1 N–H and O–H groups in total. The number of hydrogen-bond donors (Lipinski definition) is 1. The molecule has 2 heterocycles. The highest BCUT2D eigenvalue weighted by molar-refractivity contribution is 7.11. The maximum atomic E-state index is 12.3. The van der Waals surface area contributed by atoms with Crippen LogP contribution in [0.3, 0.4) is 0 Å². The molecule has 6 nitrogen and oxygen atoms in total. The minimum atomic E-state index is -0.156. The molecular formula is C16H26N4O2S. The summed E-state index contributed by atoms with van der Waals surface area (Å²) in [5, 5.41) is 3.97. The molecule has 1 aromatic heterocycles. The molecule has 1 aliphatic rings. The Balaban J connectivity index is 1.84. The fourth-order valence-electron chi connectivity index (χ4n) is 2.64. The van der Waals surface area contributed by atoms with E-state index in [1.807, 2.05) is 18.0 Å². The van der Waals surface area contributed by atoms with E-state index in [4.69, 9.17) is 0 Å². The lowest BCUT2D eigenvalue weighted by Gasteiger charge is -2.22. The molecule has 2 rings (SSSR count). The number of nitrogens with zero attached hydrogens (tertiary/aromatic N) is 3. The van der Waals surface area contributed by atoms with E-state index >= 15 is 0 Å². The number of amides is 3. The molecule has 0 spiro atoms. The van der Waals surface area contributed by atoms with Crippen LogP contribution in [0.5, 0.6) is 0 Å². The van der Waals surface area contributed by atoms with Gasteiger partial charge >= 0.3 is 6.03 Å². The fourth-order valence-corrected chi connectivity index (χ4v) is 3.46. The van der Waals surface area contributed by atoms with Gasteiger partial charge in [-0.05, 0) is 19.8 Å². The van der Waals surface area contributed by atoms with E-state index in [0.717, 1.165) is 30.9 Å². The van der Waals surface area contributed by atoms with Crippen molar-refractivity contribution in [1.29, 1.82) is 0 Å². The van der Waals surface area contributed by atoms with Gasteiger partial charge in [-0.25, -0.2) is 9.78 Å². The number of carbonyl (C=O) groups is 2. The number of aromatic nitrogens is 1. The summed E-state index contributed by atoms with van der Waals surface area (Å²) >= 11 is 1.66. The highest BCUT2D eigenvalue weighted by atomic mass is 32.1. The largest absolute Gasteiger partial charge is 0.341 e. The SMILES string of the molecule is CCCN1CCCN(C(=O)NCC(C)c2ncc(C)s2)CC1=O. The van der Waals surface area contributed by atoms with Gasteiger partial charge in [-0.15, -0.1) is 11.3 Å². The maximum absolute atomic E-state index is 12.3. The van der Waals surface area contributed by atoms with E-state index in [1.165, 1.54) is 4.88 Å². The van der Waals surface area contributed by atoms with Crippen molar-refractivity contribution in [3.8, 4) is 0 Å². The van der Waals surface area contributed by atoms with Crippen LogP contribution in [0.2, 0.25) is 0 Å². The van der Waals surface area contributed by atoms with Gasteiger partial charge < -0.3 is 15.1 Å². The summed E-state index contributed by atoms with van der Waals surface area (Å²) in [6.45, 7) is 8.99. The minimum Gasteiger partial charge on any atom is -0.341 e. The van der Waals surface area contributed by atoms with E-state index in [-0.39, 0.29) is 24.4 Å². The molecule has 0 radical (unpaired) electrons. The van der Waals surface area contributed by atoms with Crippen LogP contribution in [0.15, 0.2) is 6.20 Å². The van der Waals surface area contributed by atoms with Crippen LogP contribution < -0.4 is 5.32 Å². The third-order valence-electron chi connectivity index (χ3n) is 3.94. The molecule has 1 saturated heterocycles. The van der Waals surface area contributed by atoms with E-state index < -0.39 is 0 Å². The molecule has 128 valence electrons. The number of nitrogens with one attached hydrogen (secondary N) is 1. The molecule has 0 bridgehead atoms. The summed E-state index contributed by atoms with van der Waals surface area (Å²) in [5.74, 6) is 0.222. The lowest BCUT2D eigenvalue weighted by Crippen LogP contribution is -2.45. The Hall–Kier alpha value is -1.63. The first-order chi connectivity index (χ1) is 11.0. The quantitative estimate of drug-likeness (QED) is 0.895. The van der Waals surface area contributed by atoms with Crippen molar-refractivity contribution in [1.82, 2.24) is 20.1 Å². The number of thiazole rings is 1. The first kappa shape index (κ1) is 17.7. The van der Waals surface area contributed by atoms with Crippen molar-refractivity contribution in [2.75, 3.05) is 32.7 Å². The zero-order valence-corrected chi connectivity index (χ0v) is 15.0. The smallest absolute Gasteiger partial charge is 0.317 e. The molecule has 1 aromatic rings. The van der Waals surface area contributed by atoms with Crippen molar-refractivity contribution < 1.29 is 9.59 Å². The first-order valence-corrected chi connectivity index (χ1v) is 9.05. The van der Waals surface area contributed by atoms with Crippen molar-refractivity contribution in [3.05, 3.63) is 16.1 Å². The predicted octanol–water partition coefficient (Wildman–Crippen LogP) is 2.21. The fraction of sp³-hybridized carbons (Fsp3) is 0.688. The van der Waals surface area contributed by atoms with Crippen LogP contribution in [0, 0.1) is 6.92 Å². The van der Waals surface area contributed by atoms with E-state index in [9.17, 15) is 9.59 Å². The highest BCUT2D eigenvalue weighted by Gasteiger charge is 2.24. The summed E-state index contributed by atoms with van der Waals surface area (Å²) in [4.78, 5) is 33.5. The van der Waals surface area contributed by atoms with E-state index in [1.54, 1.807) is 16.2 Å². The maximum Gasteiger partial charge on any atom is 0.317 e. The monoisotopic (exact) mass is 338 g/mol. The first-order valence-electron chi connectivity index (χ1n) is 8.24. The second-order valence-corrected chi connectivity index (χ2v) is 7.32. The van der Waals surface area contributed by atoms with Crippen LogP contribution in [-0.2, 0) is 4.79 Å². The van der Waals surface area contributed by atoms with Gasteiger partial charge in [0.25, 0.3) is 0 Å². The van der Waals surface area contributed by atoms with Crippen molar-refractivity contribution in [2.24, 2.45) is 0 Å². The molecule has 0 aromatic carbocycles. The second-order valence-electron chi connectivity index (χ2n) is 6.05. The van der Waals surface area contributed by atoms with Gasteiger partial charge in [0.1, 0.15) is 6.54 Å². The Bertz CT molecular complexity index is 546. The second kappa shape index (κ2) is 8.29. The molecule has 23 heavy (non-hydrogen) atoms. The van der Waals surface area contributed by atoms with Crippen LogP contribution in [0.25, 0.3) is 0 Å². The predicted molar refractivity (Wildman–Crippen MR) is 91.7 cm³/mol. The Morgan fingerprint density at radius 3 is 2.91 bits per heavy atom. The lowest BCUT2D eigenvalue weighted by molar-refractivity contribution is -0.130. The molecule has 7 heteroatoms.